The van der Waals surface area contributed by atoms with Crippen LogP contribution < -0.4 is 0 Å². The van der Waals surface area contributed by atoms with Gasteiger partial charge in [0.2, 0.25) is 0 Å². The van der Waals surface area contributed by atoms with Crippen LogP contribution in [0.25, 0.3) is 0 Å². The summed E-state index contributed by atoms with van der Waals surface area (Å²) in [4.78, 5) is 22.7. The Kier molecular flexibility index (Phi) is 30.9. The van der Waals surface area contributed by atoms with Gasteiger partial charge in [-0.15, -0.1) is 0 Å². The molecule has 0 aliphatic carbocycles. The molecule has 0 spiro atoms. The normalized spacial score (nSPS) is 13.4. The summed E-state index contributed by atoms with van der Waals surface area (Å²) in [6, 6.07) is 0. The average molecular weight is 516 g/mol. The first-order valence-corrected chi connectivity index (χ1v) is 12.2. The number of aliphatic hydroxyl groups is 2. The number of carbonyl (C=O) groups is 2. The van der Waals surface area contributed by atoms with Gasteiger partial charge in [0.1, 0.15) is 11.6 Å². The van der Waals surface area contributed by atoms with Gasteiger partial charge in [0.05, 0.1) is 0 Å². The van der Waals surface area contributed by atoms with Crippen molar-refractivity contribution >= 4 is 11.6 Å². The van der Waals surface area contributed by atoms with Crippen molar-refractivity contribution in [3.63, 3.8) is 0 Å². The van der Waals surface area contributed by atoms with E-state index in [0.29, 0.717) is 11.6 Å². The van der Waals surface area contributed by atoms with Crippen LogP contribution in [0, 0.1) is 31.1 Å². The summed E-state index contributed by atoms with van der Waals surface area (Å²) in [5.41, 5.74) is 0. The fourth-order valence-corrected chi connectivity index (χ4v) is 3.56. The SMILES string of the molecule is CCCCCC(CC[CH-]CO)C(C)=O.[CH2-]CC(CO)CCC(CCCCC)C(C)=O.[Y]. The number of aliphatic hydroxyl groups excluding tert-OH is 2. The van der Waals surface area contributed by atoms with Crippen LogP contribution in [0.5, 0.6) is 0 Å². The van der Waals surface area contributed by atoms with Crippen LogP contribution in [0.1, 0.15) is 111 Å². The summed E-state index contributed by atoms with van der Waals surface area (Å²) in [5, 5.41) is 17.7. The van der Waals surface area contributed by atoms with E-state index in [1.54, 1.807) is 13.8 Å². The van der Waals surface area contributed by atoms with Crippen molar-refractivity contribution in [2.75, 3.05) is 13.2 Å². The topological polar surface area (TPSA) is 74.6 Å². The molecule has 0 heterocycles. The van der Waals surface area contributed by atoms with Crippen molar-refractivity contribution in [1.29, 1.82) is 0 Å². The minimum absolute atomic E-state index is 0. The Balaban J connectivity index is -0.000000494. The van der Waals surface area contributed by atoms with E-state index < -0.39 is 0 Å². The molecule has 0 fully saturated rings. The van der Waals surface area contributed by atoms with Gasteiger partial charge in [0.25, 0.3) is 0 Å². The summed E-state index contributed by atoms with van der Waals surface area (Å²) < 4.78 is 0. The zero-order chi connectivity index (χ0) is 23.2. The Morgan fingerprint density at radius 3 is 1.65 bits per heavy atom. The summed E-state index contributed by atoms with van der Waals surface area (Å²) in [6.45, 7) is 11.8. The zero-order valence-corrected chi connectivity index (χ0v) is 23.7. The Morgan fingerprint density at radius 1 is 0.806 bits per heavy atom. The molecule has 0 saturated carbocycles. The first-order chi connectivity index (χ1) is 14.4. The third-order valence-corrected chi connectivity index (χ3v) is 5.90. The standard InChI is InChI=1S/C14H27O2.C12H23O2.Y/c1-4-6-7-8-14(12(3)16)10-9-13(5-2)11-15;1-3-4-5-8-12(11(2)14)9-6-7-10-13;/h13-15H,2,4-11H2,1,3H3;7,12-13H,3-6,8-10H2,1-2H3;/q2*-1;. The number of ketones is 2. The third kappa shape index (κ3) is 23.3. The molecule has 3 unspecified atom stereocenters. The van der Waals surface area contributed by atoms with Crippen LogP contribution >= 0.6 is 0 Å². The van der Waals surface area contributed by atoms with E-state index in [0.717, 1.165) is 57.8 Å². The average Bonchev–Trinajstić information content (AvgIpc) is 2.72. The van der Waals surface area contributed by atoms with E-state index >= 15 is 0 Å². The van der Waals surface area contributed by atoms with Crippen LogP contribution in [-0.4, -0.2) is 35.0 Å². The van der Waals surface area contributed by atoms with Crippen LogP contribution in [0.2, 0.25) is 0 Å². The molecule has 4 nitrogen and oxygen atoms in total. The van der Waals surface area contributed by atoms with E-state index in [1.807, 2.05) is 6.42 Å². The van der Waals surface area contributed by atoms with Crippen molar-refractivity contribution in [1.82, 2.24) is 0 Å². The maximum Gasteiger partial charge on any atom is 0.132 e. The molecule has 0 aliphatic heterocycles. The Hall–Kier alpha value is 0.364. The summed E-state index contributed by atoms with van der Waals surface area (Å²) in [6.07, 6.45) is 15.3. The molecule has 0 rings (SSSR count). The summed E-state index contributed by atoms with van der Waals surface area (Å²) >= 11 is 0. The summed E-state index contributed by atoms with van der Waals surface area (Å²) in [5.74, 6) is 1.29. The maximum absolute atomic E-state index is 11.4. The molecule has 0 bridgehead atoms. The molecule has 0 aromatic rings. The van der Waals surface area contributed by atoms with Crippen molar-refractivity contribution in [3.05, 3.63) is 13.3 Å². The van der Waals surface area contributed by atoms with Gasteiger partial charge in [-0.05, 0) is 39.0 Å². The molecular weight excluding hydrogens is 465 g/mol. The molecular formula is C26H50O4Y-2. The molecule has 1 radical (unpaired) electrons. The molecule has 0 aliphatic rings. The molecule has 0 saturated heterocycles. The van der Waals surface area contributed by atoms with Crippen LogP contribution in [0.4, 0.5) is 0 Å². The number of Topliss-reactive ketones (excluding diaryl/α,β-unsaturated/α-hetero) is 2. The van der Waals surface area contributed by atoms with Crippen molar-refractivity contribution < 1.29 is 52.5 Å². The van der Waals surface area contributed by atoms with Crippen LogP contribution in [0.15, 0.2) is 0 Å². The smallest absolute Gasteiger partial charge is 0.132 e. The second-order valence-corrected chi connectivity index (χ2v) is 8.57. The molecule has 31 heavy (non-hydrogen) atoms. The monoisotopic (exact) mass is 515 g/mol. The predicted molar refractivity (Wildman–Crippen MR) is 127 cm³/mol. The van der Waals surface area contributed by atoms with Gasteiger partial charge >= 0.3 is 0 Å². The number of rotatable bonds is 19. The maximum atomic E-state index is 11.4. The number of hydrogen-bond donors (Lipinski definition) is 2. The zero-order valence-electron chi connectivity index (χ0n) is 20.9. The van der Waals surface area contributed by atoms with Gasteiger partial charge in [-0.3, -0.25) is 9.59 Å². The van der Waals surface area contributed by atoms with E-state index in [1.165, 1.54) is 25.7 Å². The van der Waals surface area contributed by atoms with E-state index in [4.69, 9.17) is 10.2 Å². The first-order valence-electron chi connectivity index (χ1n) is 12.2. The van der Waals surface area contributed by atoms with Gasteiger partial charge in [0.15, 0.2) is 0 Å². The number of unbranched alkanes of at least 4 members (excludes halogenated alkanes) is 5. The second kappa shape index (κ2) is 26.6. The summed E-state index contributed by atoms with van der Waals surface area (Å²) in [7, 11) is 0. The second-order valence-electron chi connectivity index (χ2n) is 8.57. The molecule has 0 aromatic carbocycles. The number of hydrogen-bond acceptors (Lipinski definition) is 4. The van der Waals surface area contributed by atoms with E-state index in [9.17, 15) is 9.59 Å². The molecule has 0 aromatic heterocycles. The largest absolute Gasteiger partial charge is 0.428 e. The molecule has 0 amide bonds. The van der Waals surface area contributed by atoms with E-state index in [2.05, 4.69) is 20.8 Å². The Morgan fingerprint density at radius 2 is 1.29 bits per heavy atom. The third-order valence-electron chi connectivity index (χ3n) is 5.90. The minimum Gasteiger partial charge on any atom is -0.428 e. The van der Waals surface area contributed by atoms with Crippen LogP contribution in [0.3, 0.4) is 0 Å². The van der Waals surface area contributed by atoms with Crippen molar-refractivity contribution in [3.8, 4) is 0 Å². The first kappa shape index (κ1) is 35.9. The van der Waals surface area contributed by atoms with Gasteiger partial charge in [-0.2, -0.15) is 12.8 Å². The Labute approximate surface area is 218 Å². The van der Waals surface area contributed by atoms with Gasteiger partial charge < -0.3 is 23.6 Å². The van der Waals surface area contributed by atoms with E-state index in [-0.39, 0.29) is 63.7 Å². The molecule has 5 heteroatoms. The van der Waals surface area contributed by atoms with Gasteiger partial charge in [-0.1, -0.05) is 71.8 Å². The Bertz CT molecular complexity index is 387. The van der Waals surface area contributed by atoms with Gasteiger partial charge in [-0.25, -0.2) is 0 Å². The molecule has 183 valence electrons. The van der Waals surface area contributed by atoms with Crippen LogP contribution in [-0.2, 0) is 42.3 Å². The number of carbonyl (C=O) groups excluding carboxylic acids is 2. The van der Waals surface area contributed by atoms with Crippen molar-refractivity contribution in [2.24, 2.45) is 17.8 Å². The fraction of sp³-hybridized carbons (Fsp3) is 0.846. The molecule has 3 atom stereocenters. The quantitative estimate of drug-likeness (QED) is 0.160. The predicted octanol–water partition coefficient (Wildman–Crippen LogP) is 6.13. The van der Waals surface area contributed by atoms with Crippen molar-refractivity contribution in [2.45, 2.75) is 111 Å². The van der Waals surface area contributed by atoms with Gasteiger partial charge in [0, 0.05) is 51.2 Å². The molecule has 2 N–H and O–H groups in total. The fourth-order valence-electron chi connectivity index (χ4n) is 3.56. The minimum atomic E-state index is 0.